The molecule has 106 valence electrons. The molecule has 0 amide bonds. The van der Waals surface area contributed by atoms with Gasteiger partial charge in [-0.15, -0.1) is 0 Å². The molecule has 0 aromatic carbocycles. The van der Waals surface area contributed by atoms with Gasteiger partial charge in [0.15, 0.2) is 0 Å². The minimum Gasteiger partial charge on any atom is -0.345 e. The van der Waals surface area contributed by atoms with Gasteiger partial charge in [0, 0.05) is 17.4 Å². The van der Waals surface area contributed by atoms with E-state index < -0.39 is 0 Å². The molecule has 1 aromatic heterocycles. The quantitative estimate of drug-likeness (QED) is 0.791. The molecule has 0 spiro atoms. The van der Waals surface area contributed by atoms with Gasteiger partial charge in [-0.25, -0.2) is 0 Å². The van der Waals surface area contributed by atoms with Crippen molar-refractivity contribution in [2.45, 2.75) is 58.4 Å². The third kappa shape index (κ3) is 1.68. The zero-order valence-corrected chi connectivity index (χ0v) is 12.6. The highest BCUT2D eigenvalue weighted by Crippen LogP contribution is 2.58. The zero-order chi connectivity index (χ0) is 13.9. The predicted octanol–water partition coefficient (Wildman–Crippen LogP) is 4.17. The first-order chi connectivity index (χ1) is 9.67. The Hall–Kier alpha value is -1.23. The van der Waals surface area contributed by atoms with Crippen molar-refractivity contribution < 1.29 is 0 Å². The Morgan fingerprint density at radius 1 is 1.10 bits per heavy atom. The fourth-order valence-electron chi connectivity index (χ4n) is 5.89. The molecule has 4 bridgehead atoms. The van der Waals surface area contributed by atoms with Gasteiger partial charge in [0.25, 0.3) is 0 Å². The molecule has 0 atom stereocenters. The van der Waals surface area contributed by atoms with Gasteiger partial charge in [-0.1, -0.05) is 0 Å². The molecule has 5 rings (SSSR count). The summed E-state index contributed by atoms with van der Waals surface area (Å²) in [5.41, 5.74) is 3.99. The summed E-state index contributed by atoms with van der Waals surface area (Å²) in [6.07, 6.45) is 7.92. The first-order valence-corrected chi connectivity index (χ1v) is 8.21. The van der Waals surface area contributed by atoms with E-state index >= 15 is 0 Å². The molecule has 4 saturated carbocycles. The number of aromatic nitrogens is 1. The van der Waals surface area contributed by atoms with Crippen molar-refractivity contribution in [3.8, 4) is 6.07 Å². The highest BCUT2D eigenvalue weighted by molar-refractivity contribution is 5.30. The summed E-state index contributed by atoms with van der Waals surface area (Å²) >= 11 is 0. The first-order valence-electron chi connectivity index (χ1n) is 8.21. The van der Waals surface area contributed by atoms with Crippen LogP contribution in [0.2, 0.25) is 0 Å². The third-order valence-corrected chi connectivity index (χ3v) is 6.33. The number of aryl methyl sites for hydroxylation is 1. The van der Waals surface area contributed by atoms with E-state index in [1.54, 1.807) is 0 Å². The predicted molar refractivity (Wildman–Crippen MR) is 79.3 cm³/mol. The molecule has 1 heterocycles. The minimum absolute atomic E-state index is 0.562. The van der Waals surface area contributed by atoms with E-state index in [1.165, 1.54) is 49.1 Å². The van der Waals surface area contributed by atoms with E-state index in [1.807, 2.05) is 0 Å². The first kappa shape index (κ1) is 12.5. The molecule has 20 heavy (non-hydrogen) atoms. The monoisotopic (exact) mass is 268 g/mol. The molecule has 0 unspecified atom stereocenters. The number of hydrogen-bond acceptors (Lipinski definition) is 1. The second-order valence-electron chi connectivity index (χ2n) is 7.52. The second-order valence-corrected chi connectivity index (χ2v) is 7.52. The summed E-state index contributed by atoms with van der Waals surface area (Å²) in [6.45, 7) is 4.46. The minimum atomic E-state index is 0.562. The smallest absolute Gasteiger partial charge is 0.0670 e. The summed E-state index contributed by atoms with van der Waals surface area (Å²) < 4.78 is 2.61. The van der Waals surface area contributed by atoms with Crippen LogP contribution in [0.5, 0.6) is 0 Å². The van der Waals surface area contributed by atoms with Crippen molar-refractivity contribution in [1.29, 1.82) is 5.26 Å². The van der Waals surface area contributed by atoms with Gasteiger partial charge in [-0.2, -0.15) is 5.26 Å². The van der Waals surface area contributed by atoms with E-state index in [-0.39, 0.29) is 0 Å². The number of nitriles is 1. The van der Waals surface area contributed by atoms with Crippen molar-refractivity contribution in [3.05, 3.63) is 23.0 Å². The lowest BCUT2D eigenvalue weighted by Gasteiger charge is -2.55. The summed E-state index contributed by atoms with van der Waals surface area (Å²) in [5.74, 6) is 3.88. The highest BCUT2D eigenvalue weighted by Gasteiger charge is 2.49. The normalized spacial score (nSPS) is 38.1. The summed E-state index contributed by atoms with van der Waals surface area (Å²) in [7, 11) is 0. The Kier molecular flexibility index (Phi) is 2.74. The third-order valence-electron chi connectivity index (χ3n) is 6.33. The van der Waals surface area contributed by atoms with E-state index in [2.05, 4.69) is 30.6 Å². The molecule has 0 saturated heterocycles. The zero-order valence-electron chi connectivity index (χ0n) is 12.6. The fraction of sp³-hybridized carbons (Fsp3) is 0.722. The van der Waals surface area contributed by atoms with Crippen molar-refractivity contribution in [1.82, 2.24) is 4.57 Å². The lowest BCUT2D eigenvalue weighted by atomic mass is 9.54. The Balaban J connectivity index is 1.73. The molecule has 4 fully saturated rings. The lowest BCUT2D eigenvalue weighted by Crippen LogP contribution is -2.46. The molecular formula is C18H24N2. The fourth-order valence-corrected chi connectivity index (χ4v) is 5.89. The van der Waals surface area contributed by atoms with Crippen LogP contribution in [0.1, 0.15) is 55.1 Å². The van der Waals surface area contributed by atoms with Gasteiger partial charge in [-0.05, 0) is 81.3 Å². The van der Waals surface area contributed by atoms with Gasteiger partial charge in [0.2, 0.25) is 0 Å². The summed E-state index contributed by atoms with van der Waals surface area (Å²) in [6, 6.07) is 5.30. The maximum absolute atomic E-state index is 9.00. The molecular weight excluding hydrogens is 244 g/mol. The van der Waals surface area contributed by atoms with Crippen LogP contribution in [-0.4, -0.2) is 4.57 Å². The Labute approximate surface area is 121 Å². The summed E-state index contributed by atoms with van der Waals surface area (Å²) in [5, 5.41) is 9.00. The van der Waals surface area contributed by atoms with Crippen molar-refractivity contribution in [3.63, 3.8) is 0 Å². The van der Waals surface area contributed by atoms with Crippen LogP contribution in [0, 0.1) is 48.9 Å². The largest absolute Gasteiger partial charge is 0.345 e. The van der Waals surface area contributed by atoms with Gasteiger partial charge in [0.1, 0.15) is 0 Å². The maximum atomic E-state index is 9.00. The van der Waals surface area contributed by atoms with E-state index in [0.29, 0.717) is 6.42 Å². The molecule has 0 N–H and O–H groups in total. The molecule has 2 nitrogen and oxygen atoms in total. The maximum Gasteiger partial charge on any atom is 0.0670 e. The van der Waals surface area contributed by atoms with Crippen LogP contribution in [0.15, 0.2) is 6.07 Å². The topological polar surface area (TPSA) is 28.7 Å². The average molecular weight is 268 g/mol. The van der Waals surface area contributed by atoms with Crippen LogP contribution >= 0.6 is 0 Å². The van der Waals surface area contributed by atoms with Gasteiger partial charge < -0.3 is 4.57 Å². The van der Waals surface area contributed by atoms with Crippen LogP contribution < -0.4 is 0 Å². The Morgan fingerprint density at radius 3 is 2.25 bits per heavy atom. The van der Waals surface area contributed by atoms with Crippen LogP contribution in [-0.2, 0) is 6.42 Å². The molecule has 0 aliphatic heterocycles. The van der Waals surface area contributed by atoms with Gasteiger partial charge in [0.05, 0.1) is 12.5 Å². The van der Waals surface area contributed by atoms with E-state index in [9.17, 15) is 0 Å². The van der Waals surface area contributed by atoms with Gasteiger partial charge >= 0.3 is 0 Å². The number of rotatable bonds is 2. The molecule has 2 heteroatoms. The van der Waals surface area contributed by atoms with Crippen molar-refractivity contribution in [2.75, 3.05) is 0 Å². The number of nitrogens with zero attached hydrogens (tertiary/aromatic N) is 2. The SMILES string of the molecule is Cc1cc(CC#N)c(C)n1C1C2CC3CC(C2)CC1C3. The molecule has 1 aromatic rings. The van der Waals surface area contributed by atoms with Crippen molar-refractivity contribution >= 4 is 0 Å². The van der Waals surface area contributed by atoms with Crippen LogP contribution in [0.4, 0.5) is 0 Å². The Morgan fingerprint density at radius 2 is 1.70 bits per heavy atom. The average Bonchev–Trinajstić information content (AvgIpc) is 2.66. The standard InChI is InChI=1S/C18H24N2/c1-11-5-15(3-4-19)12(2)20(11)18-16-7-13-6-14(9-16)10-17(18)8-13/h5,13-14,16-18H,3,6-10H2,1-2H3. The van der Waals surface area contributed by atoms with Gasteiger partial charge in [-0.3, -0.25) is 0 Å². The molecule has 4 aliphatic carbocycles. The lowest BCUT2D eigenvalue weighted by molar-refractivity contribution is -0.0303. The van der Waals surface area contributed by atoms with Crippen molar-refractivity contribution in [2.24, 2.45) is 23.7 Å². The molecule has 0 radical (unpaired) electrons. The van der Waals surface area contributed by atoms with Crippen LogP contribution in [0.25, 0.3) is 0 Å². The van der Waals surface area contributed by atoms with Crippen LogP contribution in [0.3, 0.4) is 0 Å². The second kappa shape index (κ2) is 4.38. The van der Waals surface area contributed by atoms with E-state index in [0.717, 1.165) is 29.7 Å². The van der Waals surface area contributed by atoms with E-state index in [4.69, 9.17) is 5.26 Å². The number of hydrogen-bond donors (Lipinski definition) is 0. The Bertz CT molecular complexity index is 547. The summed E-state index contributed by atoms with van der Waals surface area (Å²) in [4.78, 5) is 0. The highest BCUT2D eigenvalue weighted by atomic mass is 15.1. The molecule has 4 aliphatic rings.